The van der Waals surface area contributed by atoms with E-state index in [1.165, 1.54) is 12.8 Å². The summed E-state index contributed by atoms with van der Waals surface area (Å²) in [6, 6.07) is 7.70. The first-order valence-electron chi connectivity index (χ1n) is 10.7. The number of halogens is 2. The second-order valence-corrected chi connectivity index (χ2v) is 7.97. The minimum absolute atomic E-state index is 0. The molecule has 2 N–H and O–H groups in total. The molecule has 0 atom stereocenters. The highest BCUT2D eigenvalue weighted by Crippen LogP contribution is 2.18. The van der Waals surface area contributed by atoms with Gasteiger partial charge in [-0.3, -0.25) is 9.59 Å². The second kappa shape index (κ2) is 13.9. The number of piperazine rings is 1. The number of nitrogens with zero attached hydrogens (tertiary/aromatic N) is 2. The lowest BCUT2D eigenvalue weighted by atomic mass is 9.93. The average Bonchev–Trinajstić information content (AvgIpc) is 2.74. The van der Waals surface area contributed by atoms with Crippen LogP contribution in [0.25, 0.3) is 0 Å². The lowest BCUT2D eigenvalue weighted by Crippen LogP contribution is -2.48. The first-order valence-corrected chi connectivity index (χ1v) is 10.7. The fraction of sp³-hybridized carbons (Fsp3) is 0.636. The topological polar surface area (TPSA) is 64.7 Å². The van der Waals surface area contributed by atoms with Crippen molar-refractivity contribution in [2.75, 3.05) is 51.1 Å². The summed E-state index contributed by atoms with van der Waals surface area (Å²) in [6.45, 7) is 8.91. The van der Waals surface area contributed by atoms with Crippen molar-refractivity contribution in [2.45, 2.75) is 39.0 Å². The van der Waals surface area contributed by atoms with Crippen LogP contribution in [0, 0.1) is 5.92 Å². The quantitative estimate of drug-likeness (QED) is 0.658. The van der Waals surface area contributed by atoms with Crippen molar-refractivity contribution in [1.82, 2.24) is 15.1 Å². The van der Waals surface area contributed by atoms with E-state index in [9.17, 15) is 9.59 Å². The second-order valence-electron chi connectivity index (χ2n) is 7.97. The number of carbonyl (C=O) groups is 2. The van der Waals surface area contributed by atoms with Crippen LogP contribution in [0.4, 0.5) is 5.69 Å². The third kappa shape index (κ3) is 8.42. The Balaban J connectivity index is 0.00000225. The van der Waals surface area contributed by atoms with Crippen LogP contribution in [0.2, 0.25) is 0 Å². The maximum Gasteiger partial charge on any atom is 0.227 e. The third-order valence-electron chi connectivity index (χ3n) is 6.00. The number of hydrogen-bond acceptors (Lipinski definition) is 4. The molecule has 3 rings (SSSR count). The van der Waals surface area contributed by atoms with Crippen LogP contribution in [0.15, 0.2) is 24.3 Å². The monoisotopic (exact) mass is 458 g/mol. The number of likely N-dealkylation sites (N-methyl/N-ethyl adjacent to an activating group) is 1. The van der Waals surface area contributed by atoms with Gasteiger partial charge in [-0.05, 0) is 62.5 Å². The Morgan fingerprint density at radius 2 is 1.67 bits per heavy atom. The van der Waals surface area contributed by atoms with Crippen molar-refractivity contribution >= 4 is 42.3 Å². The number of amides is 2. The fourth-order valence-corrected chi connectivity index (χ4v) is 4.03. The van der Waals surface area contributed by atoms with Gasteiger partial charge in [0.25, 0.3) is 0 Å². The Kier molecular flexibility index (Phi) is 12.3. The van der Waals surface area contributed by atoms with Crippen molar-refractivity contribution in [3.05, 3.63) is 29.8 Å². The lowest BCUT2D eigenvalue weighted by molar-refractivity contribution is -0.132. The standard InChI is InChI=1S/C22H34N4O2.2ClH/c1-2-25-13-15-26(16-14-25)22(28)17-19-3-6-20(7-4-19)24-21(27)8-5-18-9-11-23-12-10-18;;/h3-4,6-7,18,23H,2,5,8-17H2,1H3,(H,24,27);2*1H. The smallest absolute Gasteiger partial charge is 0.227 e. The summed E-state index contributed by atoms with van der Waals surface area (Å²) >= 11 is 0. The van der Waals surface area contributed by atoms with Gasteiger partial charge in [-0.1, -0.05) is 19.1 Å². The largest absolute Gasteiger partial charge is 0.340 e. The minimum atomic E-state index is 0. The number of nitrogens with one attached hydrogen (secondary N) is 2. The van der Waals surface area contributed by atoms with Crippen molar-refractivity contribution < 1.29 is 9.59 Å². The number of piperidine rings is 1. The Morgan fingerprint density at radius 1 is 1.03 bits per heavy atom. The molecule has 30 heavy (non-hydrogen) atoms. The highest BCUT2D eigenvalue weighted by molar-refractivity contribution is 5.90. The Labute approximate surface area is 193 Å². The molecule has 1 aromatic carbocycles. The van der Waals surface area contributed by atoms with Gasteiger partial charge in [0.05, 0.1) is 6.42 Å². The zero-order chi connectivity index (χ0) is 19.8. The number of benzene rings is 1. The summed E-state index contributed by atoms with van der Waals surface area (Å²) in [6.07, 6.45) is 4.31. The van der Waals surface area contributed by atoms with E-state index in [1.807, 2.05) is 29.2 Å². The van der Waals surface area contributed by atoms with Gasteiger partial charge in [-0.25, -0.2) is 0 Å². The van der Waals surface area contributed by atoms with Crippen LogP contribution in [0.1, 0.15) is 38.2 Å². The molecule has 170 valence electrons. The Hall–Kier alpha value is -1.34. The summed E-state index contributed by atoms with van der Waals surface area (Å²) in [5, 5.41) is 6.34. The van der Waals surface area contributed by atoms with Gasteiger partial charge in [0.15, 0.2) is 0 Å². The molecule has 2 heterocycles. The zero-order valence-corrected chi connectivity index (χ0v) is 19.5. The van der Waals surface area contributed by atoms with Gasteiger partial charge >= 0.3 is 0 Å². The summed E-state index contributed by atoms with van der Waals surface area (Å²) in [4.78, 5) is 29.0. The molecule has 0 radical (unpaired) electrons. The van der Waals surface area contributed by atoms with E-state index in [4.69, 9.17) is 0 Å². The van der Waals surface area contributed by atoms with Crippen molar-refractivity contribution in [2.24, 2.45) is 5.92 Å². The predicted octanol–water partition coefficient (Wildman–Crippen LogP) is 2.96. The molecule has 2 aliphatic heterocycles. The van der Waals surface area contributed by atoms with Crippen LogP contribution >= 0.6 is 24.8 Å². The molecule has 2 aliphatic rings. The van der Waals surface area contributed by atoms with E-state index in [-0.39, 0.29) is 36.6 Å². The fourth-order valence-electron chi connectivity index (χ4n) is 4.03. The normalized spacial score (nSPS) is 17.6. The first kappa shape index (κ1) is 26.7. The van der Waals surface area contributed by atoms with Gasteiger partial charge in [0.2, 0.25) is 11.8 Å². The SMILES string of the molecule is CCN1CCN(C(=O)Cc2ccc(NC(=O)CCC3CCNCC3)cc2)CC1.Cl.Cl. The van der Waals surface area contributed by atoms with E-state index in [2.05, 4.69) is 22.5 Å². The third-order valence-corrected chi connectivity index (χ3v) is 6.00. The summed E-state index contributed by atoms with van der Waals surface area (Å²) in [7, 11) is 0. The molecule has 2 fully saturated rings. The van der Waals surface area contributed by atoms with Crippen LogP contribution in [0.5, 0.6) is 0 Å². The molecule has 0 bridgehead atoms. The van der Waals surface area contributed by atoms with Gasteiger partial charge in [-0.15, -0.1) is 24.8 Å². The van der Waals surface area contributed by atoms with E-state index < -0.39 is 0 Å². The maximum atomic E-state index is 12.5. The molecular weight excluding hydrogens is 423 g/mol. The Bertz CT molecular complexity index is 643. The number of carbonyl (C=O) groups excluding carboxylic acids is 2. The average molecular weight is 459 g/mol. The molecule has 1 aromatic rings. The summed E-state index contributed by atoms with van der Waals surface area (Å²) in [5.74, 6) is 0.935. The molecular formula is C22H36Cl2N4O2. The molecule has 0 unspecified atom stereocenters. The van der Waals surface area contributed by atoms with Crippen molar-refractivity contribution in [1.29, 1.82) is 0 Å². The molecule has 8 heteroatoms. The van der Waals surface area contributed by atoms with Crippen molar-refractivity contribution in [3.8, 4) is 0 Å². The lowest BCUT2D eigenvalue weighted by Gasteiger charge is -2.34. The zero-order valence-electron chi connectivity index (χ0n) is 17.9. The van der Waals surface area contributed by atoms with E-state index in [0.717, 1.165) is 63.5 Å². The number of anilines is 1. The van der Waals surface area contributed by atoms with Gasteiger partial charge < -0.3 is 20.4 Å². The molecule has 2 amide bonds. The summed E-state index contributed by atoms with van der Waals surface area (Å²) in [5.41, 5.74) is 1.80. The van der Waals surface area contributed by atoms with Crippen LogP contribution < -0.4 is 10.6 Å². The van der Waals surface area contributed by atoms with Gasteiger partial charge in [0, 0.05) is 38.3 Å². The summed E-state index contributed by atoms with van der Waals surface area (Å²) < 4.78 is 0. The highest BCUT2D eigenvalue weighted by Gasteiger charge is 2.20. The van der Waals surface area contributed by atoms with E-state index in [0.29, 0.717) is 18.8 Å². The van der Waals surface area contributed by atoms with Crippen LogP contribution in [-0.2, 0) is 16.0 Å². The molecule has 0 aliphatic carbocycles. The van der Waals surface area contributed by atoms with Gasteiger partial charge in [0.1, 0.15) is 0 Å². The van der Waals surface area contributed by atoms with Crippen LogP contribution in [0.3, 0.4) is 0 Å². The molecule has 0 spiro atoms. The van der Waals surface area contributed by atoms with Crippen LogP contribution in [-0.4, -0.2) is 67.4 Å². The Morgan fingerprint density at radius 3 is 2.27 bits per heavy atom. The first-order chi connectivity index (χ1) is 13.6. The minimum Gasteiger partial charge on any atom is -0.340 e. The van der Waals surface area contributed by atoms with E-state index >= 15 is 0 Å². The molecule has 0 saturated carbocycles. The number of rotatable bonds is 7. The molecule has 0 aromatic heterocycles. The highest BCUT2D eigenvalue weighted by atomic mass is 35.5. The van der Waals surface area contributed by atoms with Gasteiger partial charge in [-0.2, -0.15) is 0 Å². The van der Waals surface area contributed by atoms with Crippen molar-refractivity contribution in [3.63, 3.8) is 0 Å². The molecule has 2 saturated heterocycles. The molecule has 6 nitrogen and oxygen atoms in total. The van der Waals surface area contributed by atoms with E-state index in [1.54, 1.807) is 0 Å². The number of hydrogen-bond donors (Lipinski definition) is 2. The maximum absolute atomic E-state index is 12.5. The predicted molar refractivity (Wildman–Crippen MR) is 127 cm³/mol.